The molecule has 0 bridgehead atoms. The van der Waals surface area contributed by atoms with E-state index in [1.54, 1.807) is 11.4 Å². The zero-order chi connectivity index (χ0) is 12.5. The van der Waals surface area contributed by atoms with Gasteiger partial charge >= 0.3 is 0 Å². The Morgan fingerprint density at radius 3 is 2.59 bits per heavy atom. The molecule has 2 rings (SSSR count). The van der Waals surface area contributed by atoms with Gasteiger partial charge in [-0.2, -0.15) is 4.31 Å². The molecule has 0 radical (unpaired) electrons. The molecule has 0 unspecified atom stereocenters. The van der Waals surface area contributed by atoms with Gasteiger partial charge in [-0.15, -0.1) is 22.9 Å². The molecule has 4 nitrogen and oxygen atoms in total. The number of halogens is 1. The summed E-state index contributed by atoms with van der Waals surface area (Å²) in [5, 5.41) is 1.61. The van der Waals surface area contributed by atoms with Gasteiger partial charge in [0.05, 0.1) is 10.8 Å². The van der Waals surface area contributed by atoms with Crippen LogP contribution in [0.3, 0.4) is 0 Å². The van der Waals surface area contributed by atoms with Crippen LogP contribution in [0.1, 0.15) is 4.88 Å². The fourth-order valence-corrected chi connectivity index (χ4v) is 5.68. The maximum atomic E-state index is 12.2. The first-order valence-corrected chi connectivity index (χ1v) is 9.37. The standard InChI is InChI=1S/C9H12ClNO3S3/c10-6-8-5-9(7-15-8)17(13,14)11-1-3-16(12)4-2-11/h5,7H,1-4,6H2. The van der Waals surface area contributed by atoms with Crippen LogP contribution in [0.4, 0.5) is 0 Å². The molecular formula is C9H12ClNO3S3. The lowest BCUT2D eigenvalue weighted by atomic mass is 10.5. The molecular weight excluding hydrogens is 302 g/mol. The largest absolute Gasteiger partial charge is 0.259 e. The van der Waals surface area contributed by atoms with Gasteiger partial charge in [0.15, 0.2) is 0 Å². The average Bonchev–Trinajstić information content (AvgIpc) is 2.78. The first kappa shape index (κ1) is 13.5. The van der Waals surface area contributed by atoms with E-state index in [1.807, 2.05) is 0 Å². The van der Waals surface area contributed by atoms with Crippen molar-refractivity contribution in [3.63, 3.8) is 0 Å². The Morgan fingerprint density at radius 1 is 1.41 bits per heavy atom. The number of nitrogens with zero attached hydrogens (tertiary/aromatic N) is 1. The zero-order valence-corrected chi connectivity index (χ0v) is 12.2. The molecule has 2 heterocycles. The smallest absolute Gasteiger partial charge is 0.243 e. The molecule has 17 heavy (non-hydrogen) atoms. The molecule has 0 aromatic carbocycles. The minimum Gasteiger partial charge on any atom is -0.259 e. The van der Waals surface area contributed by atoms with Gasteiger partial charge in [0.2, 0.25) is 10.0 Å². The molecule has 0 aliphatic carbocycles. The molecule has 1 aliphatic rings. The Hall–Kier alpha value is 0.0500. The second-order valence-corrected chi connectivity index (χ2v) is 8.53. The third-order valence-corrected chi connectivity index (χ3v) is 7.22. The highest BCUT2D eigenvalue weighted by atomic mass is 35.5. The van der Waals surface area contributed by atoms with Crippen LogP contribution in [-0.4, -0.2) is 41.5 Å². The van der Waals surface area contributed by atoms with E-state index in [2.05, 4.69) is 0 Å². The summed E-state index contributed by atoms with van der Waals surface area (Å²) in [4.78, 5) is 1.14. The summed E-state index contributed by atoms with van der Waals surface area (Å²) in [7, 11) is -4.30. The fraction of sp³-hybridized carbons (Fsp3) is 0.556. The Morgan fingerprint density at radius 2 is 2.06 bits per heavy atom. The molecule has 0 saturated carbocycles. The van der Waals surface area contributed by atoms with Crippen molar-refractivity contribution < 1.29 is 12.6 Å². The average molecular weight is 314 g/mol. The van der Waals surface area contributed by atoms with Crippen molar-refractivity contribution in [2.75, 3.05) is 24.6 Å². The summed E-state index contributed by atoms with van der Waals surface area (Å²) in [5.41, 5.74) is 0. The first-order valence-electron chi connectivity index (χ1n) is 5.02. The third-order valence-electron chi connectivity index (χ3n) is 2.54. The molecule has 1 aromatic rings. The molecule has 0 N–H and O–H groups in total. The zero-order valence-electron chi connectivity index (χ0n) is 8.96. The molecule has 1 fully saturated rings. The van der Waals surface area contributed by atoms with Crippen molar-refractivity contribution in [1.29, 1.82) is 0 Å². The van der Waals surface area contributed by atoms with Crippen molar-refractivity contribution in [3.05, 3.63) is 16.3 Å². The topological polar surface area (TPSA) is 54.5 Å². The fourth-order valence-electron chi connectivity index (χ4n) is 1.58. The molecule has 0 amide bonds. The Labute approximate surface area is 112 Å². The Bertz CT molecular complexity index is 515. The van der Waals surface area contributed by atoms with Crippen LogP contribution in [0.25, 0.3) is 0 Å². The summed E-state index contributed by atoms with van der Waals surface area (Å²) >= 11 is 7.00. The molecule has 96 valence electrons. The lowest BCUT2D eigenvalue weighted by Gasteiger charge is -2.24. The lowest BCUT2D eigenvalue weighted by Crippen LogP contribution is -2.41. The summed E-state index contributed by atoms with van der Waals surface area (Å²) in [6.07, 6.45) is 0. The second-order valence-electron chi connectivity index (χ2n) is 3.63. The predicted molar refractivity (Wildman–Crippen MR) is 70.5 cm³/mol. The van der Waals surface area contributed by atoms with Crippen molar-refractivity contribution >= 4 is 43.8 Å². The molecule has 0 spiro atoms. The van der Waals surface area contributed by atoms with Gasteiger partial charge in [0.25, 0.3) is 0 Å². The SMILES string of the molecule is O=S1CCN(S(=O)(=O)c2csc(CCl)c2)CC1. The van der Waals surface area contributed by atoms with E-state index in [1.165, 1.54) is 15.6 Å². The second kappa shape index (κ2) is 5.36. The number of alkyl halides is 1. The van der Waals surface area contributed by atoms with Crippen LogP contribution in [0.15, 0.2) is 16.3 Å². The van der Waals surface area contributed by atoms with Crippen LogP contribution >= 0.6 is 22.9 Å². The predicted octanol–water partition coefficient (Wildman–Crippen LogP) is 1.24. The van der Waals surface area contributed by atoms with Crippen LogP contribution in [0.2, 0.25) is 0 Å². The van der Waals surface area contributed by atoms with E-state index >= 15 is 0 Å². The monoisotopic (exact) mass is 313 g/mol. The minimum absolute atomic E-state index is 0.297. The highest BCUT2D eigenvalue weighted by Gasteiger charge is 2.28. The van der Waals surface area contributed by atoms with Crippen LogP contribution in [-0.2, 0) is 26.7 Å². The van der Waals surface area contributed by atoms with Gasteiger partial charge in [0, 0.05) is 45.7 Å². The number of thiophene rings is 1. The molecule has 1 aliphatic heterocycles. The maximum absolute atomic E-state index is 12.2. The highest BCUT2D eigenvalue weighted by Crippen LogP contribution is 2.24. The number of hydrogen-bond donors (Lipinski definition) is 0. The van der Waals surface area contributed by atoms with Gasteiger partial charge in [-0.3, -0.25) is 4.21 Å². The number of rotatable bonds is 3. The lowest BCUT2D eigenvalue weighted by molar-refractivity contribution is 0.439. The summed E-state index contributed by atoms with van der Waals surface area (Å²) in [6.45, 7) is 0.669. The van der Waals surface area contributed by atoms with Crippen molar-refractivity contribution in [2.45, 2.75) is 10.8 Å². The van der Waals surface area contributed by atoms with Gasteiger partial charge < -0.3 is 0 Å². The molecule has 1 aromatic heterocycles. The van der Waals surface area contributed by atoms with E-state index < -0.39 is 20.8 Å². The van der Waals surface area contributed by atoms with E-state index in [9.17, 15) is 12.6 Å². The molecule has 8 heteroatoms. The van der Waals surface area contributed by atoms with E-state index in [4.69, 9.17) is 11.6 Å². The third kappa shape index (κ3) is 2.90. The summed E-state index contributed by atoms with van der Waals surface area (Å²) in [5.74, 6) is 1.17. The van der Waals surface area contributed by atoms with Gasteiger partial charge in [-0.25, -0.2) is 8.42 Å². The van der Waals surface area contributed by atoms with Gasteiger partial charge in [-0.05, 0) is 6.07 Å². The Balaban J connectivity index is 2.21. The number of sulfonamides is 1. The van der Waals surface area contributed by atoms with E-state index in [-0.39, 0.29) is 0 Å². The number of hydrogen-bond acceptors (Lipinski definition) is 4. The highest BCUT2D eigenvalue weighted by molar-refractivity contribution is 7.89. The van der Waals surface area contributed by atoms with Crippen LogP contribution in [0, 0.1) is 0 Å². The first-order chi connectivity index (χ1) is 8.04. The minimum atomic E-state index is -3.42. The van der Waals surface area contributed by atoms with E-state index in [0.29, 0.717) is 35.4 Å². The van der Waals surface area contributed by atoms with Crippen molar-refractivity contribution in [3.8, 4) is 0 Å². The molecule has 1 saturated heterocycles. The quantitative estimate of drug-likeness (QED) is 0.789. The summed E-state index contributed by atoms with van der Waals surface area (Å²) in [6, 6.07) is 1.61. The normalized spacial score (nSPS) is 19.6. The van der Waals surface area contributed by atoms with Crippen molar-refractivity contribution in [1.82, 2.24) is 4.31 Å². The maximum Gasteiger partial charge on any atom is 0.243 e. The van der Waals surface area contributed by atoms with Gasteiger partial charge in [0.1, 0.15) is 0 Å². The Kier molecular flexibility index (Phi) is 4.25. The van der Waals surface area contributed by atoms with Crippen molar-refractivity contribution in [2.24, 2.45) is 0 Å². The molecule has 0 atom stereocenters. The summed E-state index contributed by atoms with van der Waals surface area (Å²) < 4.78 is 37.0. The van der Waals surface area contributed by atoms with Crippen LogP contribution in [0.5, 0.6) is 0 Å². The van der Waals surface area contributed by atoms with Crippen LogP contribution < -0.4 is 0 Å². The van der Waals surface area contributed by atoms with E-state index in [0.717, 1.165) is 4.88 Å². The van der Waals surface area contributed by atoms with Gasteiger partial charge in [-0.1, -0.05) is 0 Å².